The number of nitrogens with one attached hydrogen (secondary N) is 5. The van der Waals surface area contributed by atoms with Gasteiger partial charge in [-0.05, 0) is 60.3 Å². The first-order chi connectivity index (χ1) is 16.3. The summed E-state index contributed by atoms with van der Waals surface area (Å²) in [5.41, 5.74) is 2.67. The van der Waals surface area contributed by atoms with Gasteiger partial charge < -0.3 is 32.3 Å². The Morgan fingerprint density at radius 2 is 1.33 bits per heavy atom. The zero-order valence-electron chi connectivity index (χ0n) is 23.5. The lowest BCUT2D eigenvalue weighted by molar-refractivity contribution is -0.137. The lowest BCUT2D eigenvalue weighted by atomic mass is 9.97. The Hall–Kier alpha value is -2.69. The molecule has 0 aliphatic heterocycles. The van der Waals surface area contributed by atoms with Crippen molar-refractivity contribution >= 4 is 29.5 Å². The van der Waals surface area contributed by atoms with E-state index in [4.69, 9.17) is 5.73 Å². The molecule has 11 heteroatoms. The van der Waals surface area contributed by atoms with Crippen molar-refractivity contribution in [1.82, 2.24) is 26.6 Å². The van der Waals surface area contributed by atoms with Crippen molar-refractivity contribution < 1.29 is 24.0 Å². The van der Waals surface area contributed by atoms with E-state index < -0.39 is 40.4 Å². The topological polar surface area (TPSA) is 172 Å². The number of nitrogens with two attached hydrogens (primary N) is 1. The van der Waals surface area contributed by atoms with E-state index >= 15 is 0 Å². The van der Waals surface area contributed by atoms with E-state index in [1.807, 2.05) is 20.8 Å². The molecule has 0 aliphatic carbocycles. The van der Waals surface area contributed by atoms with Gasteiger partial charge in [0, 0.05) is 31.0 Å². The Kier molecular flexibility index (Phi) is 13.1. The van der Waals surface area contributed by atoms with Crippen LogP contribution < -0.4 is 32.3 Å². The Bertz CT molecular complexity index is 786. The fourth-order valence-corrected chi connectivity index (χ4v) is 3.33. The number of amides is 5. The van der Waals surface area contributed by atoms with Crippen LogP contribution in [0.3, 0.4) is 0 Å². The van der Waals surface area contributed by atoms with Crippen LogP contribution in [0.15, 0.2) is 0 Å². The maximum atomic E-state index is 12.9. The van der Waals surface area contributed by atoms with Crippen molar-refractivity contribution in [3.05, 3.63) is 0 Å². The number of rotatable bonds is 15. The lowest BCUT2D eigenvalue weighted by Crippen LogP contribution is -2.63. The molecular weight excluding hydrogens is 464 g/mol. The lowest BCUT2D eigenvalue weighted by Gasteiger charge is -2.32. The maximum Gasteiger partial charge on any atom is 0.246 e. The molecule has 11 nitrogen and oxygen atoms in total. The van der Waals surface area contributed by atoms with Crippen molar-refractivity contribution in [3.8, 4) is 0 Å². The summed E-state index contributed by atoms with van der Waals surface area (Å²) in [6.07, 6.45) is 1.32. The van der Waals surface area contributed by atoms with Gasteiger partial charge in [0.1, 0.15) is 11.1 Å². The largest absolute Gasteiger partial charge is 0.354 e. The van der Waals surface area contributed by atoms with Gasteiger partial charge in [0.15, 0.2) is 0 Å². The van der Waals surface area contributed by atoms with Crippen LogP contribution in [0.25, 0.3) is 0 Å². The molecule has 0 bridgehead atoms. The van der Waals surface area contributed by atoms with Gasteiger partial charge in [0.25, 0.3) is 0 Å². The summed E-state index contributed by atoms with van der Waals surface area (Å²) in [4.78, 5) is 62.3. The normalized spacial score (nSPS) is 13.0. The summed E-state index contributed by atoms with van der Waals surface area (Å²) in [6, 6.07) is -0.490. The molecule has 0 aromatic rings. The molecule has 5 amide bonds. The minimum Gasteiger partial charge on any atom is -0.354 e. The molecule has 7 N–H and O–H groups in total. The summed E-state index contributed by atoms with van der Waals surface area (Å²) in [5.74, 6) is -1.83. The van der Waals surface area contributed by atoms with Crippen LogP contribution in [-0.4, -0.2) is 65.3 Å². The predicted octanol–water partition coefficient (Wildman–Crippen LogP) is 0.467. The molecule has 0 aromatic carbocycles. The molecule has 1 unspecified atom stereocenters. The van der Waals surface area contributed by atoms with E-state index in [0.717, 1.165) is 6.42 Å². The van der Waals surface area contributed by atoms with Gasteiger partial charge in [-0.15, -0.1) is 0 Å². The minimum absolute atomic E-state index is 0.0508. The quantitative estimate of drug-likeness (QED) is 0.186. The zero-order chi connectivity index (χ0) is 28.3. The third-order valence-electron chi connectivity index (χ3n) is 5.16. The van der Waals surface area contributed by atoms with E-state index in [2.05, 4.69) is 26.6 Å². The van der Waals surface area contributed by atoms with E-state index in [9.17, 15) is 24.0 Å². The summed E-state index contributed by atoms with van der Waals surface area (Å²) in [7, 11) is 0. The molecule has 1 atom stereocenters. The molecule has 0 saturated carbocycles. The molecule has 0 heterocycles. The number of hydrogen-bond acceptors (Lipinski definition) is 6. The molecule has 36 heavy (non-hydrogen) atoms. The third-order valence-corrected chi connectivity index (χ3v) is 5.16. The smallest absolute Gasteiger partial charge is 0.246 e. The molecule has 208 valence electrons. The Balaban J connectivity index is 5.04. The first-order valence-corrected chi connectivity index (χ1v) is 12.6. The summed E-state index contributed by atoms with van der Waals surface area (Å²) < 4.78 is 0. The predicted molar refractivity (Wildman–Crippen MR) is 140 cm³/mol. The van der Waals surface area contributed by atoms with E-state index in [0.29, 0.717) is 13.0 Å². The first kappa shape index (κ1) is 33.3. The molecule has 0 saturated heterocycles. The van der Waals surface area contributed by atoms with Crippen LogP contribution in [-0.2, 0) is 24.0 Å². The van der Waals surface area contributed by atoms with Crippen LogP contribution in [0.5, 0.6) is 0 Å². The summed E-state index contributed by atoms with van der Waals surface area (Å²) in [6.45, 7) is 15.8. The second kappa shape index (κ2) is 14.2. The number of carbonyl (C=O) groups excluding carboxylic acids is 5. The highest BCUT2D eigenvalue weighted by molar-refractivity contribution is 5.96. The monoisotopic (exact) mass is 512 g/mol. The molecule has 0 radical (unpaired) electrons. The minimum atomic E-state index is -1.30. The zero-order valence-corrected chi connectivity index (χ0v) is 23.5. The van der Waals surface area contributed by atoms with Gasteiger partial charge in [-0.25, -0.2) is 0 Å². The van der Waals surface area contributed by atoms with Crippen LogP contribution in [0.4, 0.5) is 0 Å². The van der Waals surface area contributed by atoms with E-state index in [1.165, 1.54) is 0 Å². The highest BCUT2D eigenvalue weighted by Gasteiger charge is 2.37. The average Bonchev–Trinajstić information content (AvgIpc) is 2.67. The third kappa shape index (κ3) is 14.0. The standard InChI is InChI=1S/C25H48N6O5/c1-10-11-27-21(35)24(6,7)31-22(36)25(8,9)30-18(32)13-17(12-16(2)3)29-20(34)15-28-19(33)14-23(4,5)26/h16-17H,10-15,26H2,1-9H3,(H,27,35)(H,28,33)(H,29,34)(H,30,32)(H,31,36). The van der Waals surface area contributed by atoms with Gasteiger partial charge in [0.2, 0.25) is 29.5 Å². The van der Waals surface area contributed by atoms with Crippen molar-refractivity contribution in [1.29, 1.82) is 0 Å². The fourth-order valence-electron chi connectivity index (χ4n) is 3.33. The van der Waals surface area contributed by atoms with Crippen LogP contribution in [0.2, 0.25) is 0 Å². The van der Waals surface area contributed by atoms with Crippen LogP contribution in [0.1, 0.15) is 88.0 Å². The maximum absolute atomic E-state index is 12.9. The van der Waals surface area contributed by atoms with E-state index in [-0.39, 0.29) is 37.1 Å². The van der Waals surface area contributed by atoms with Crippen LogP contribution >= 0.6 is 0 Å². The van der Waals surface area contributed by atoms with Gasteiger partial charge in [-0.3, -0.25) is 24.0 Å². The van der Waals surface area contributed by atoms with Crippen molar-refractivity contribution in [3.63, 3.8) is 0 Å². The van der Waals surface area contributed by atoms with Gasteiger partial charge >= 0.3 is 0 Å². The van der Waals surface area contributed by atoms with Crippen molar-refractivity contribution in [2.45, 2.75) is 111 Å². The molecule has 0 fully saturated rings. The highest BCUT2D eigenvalue weighted by atomic mass is 16.2. The fraction of sp³-hybridized carbons (Fsp3) is 0.800. The molecule has 0 aromatic heterocycles. The first-order valence-electron chi connectivity index (χ1n) is 12.6. The van der Waals surface area contributed by atoms with Gasteiger partial charge in [0.05, 0.1) is 6.54 Å². The van der Waals surface area contributed by atoms with Crippen LogP contribution in [0, 0.1) is 5.92 Å². The van der Waals surface area contributed by atoms with Crippen molar-refractivity contribution in [2.75, 3.05) is 13.1 Å². The molecule has 0 rings (SSSR count). The second-order valence-corrected chi connectivity index (χ2v) is 11.5. The van der Waals surface area contributed by atoms with E-state index in [1.54, 1.807) is 41.5 Å². The Morgan fingerprint density at radius 3 is 1.83 bits per heavy atom. The molecular formula is C25H48N6O5. The highest BCUT2D eigenvalue weighted by Crippen LogP contribution is 2.12. The number of hydrogen-bond donors (Lipinski definition) is 6. The molecule has 0 spiro atoms. The Morgan fingerprint density at radius 1 is 0.778 bits per heavy atom. The van der Waals surface area contributed by atoms with Gasteiger partial charge in [-0.1, -0.05) is 20.8 Å². The summed E-state index contributed by atoms with van der Waals surface area (Å²) in [5, 5.41) is 13.4. The number of carbonyl (C=O) groups is 5. The second-order valence-electron chi connectivity index (χ2n) is 11.5. The van der Waals surface area contributed by atoms with Gasteiger partial charge in [-0.2, -0.15) is 0 Å². The average molecular weight is 513 g/mol. The van der Waals surface area contributed by atoms with Crippen molar-refractivity contribution in [2.24, 2.45) is 11.7 Å². The Labute approximate surface area is 215 Å². The molecule has 0 aliphatic rings. The SMILES string of the molecule is CCCNC(=O)C(C)(C)NC(=O)C(C)(C)NC(=O)CC(CC(C)C)NC(=O)CNC(=O)CC(C)(C)N. The summed E-state index contributed by atoms with van der Waals surface area (Å²) >= 11 is 0.